The Hall–Kier alpha value is -1.38. The molecule has 2 saturated heterocycles. The summed E-state index contributed by atoms with van der Waals surface area (Å²) in [5.41, 5.74) is -2.12. The van der Waals surface area contributed by atoms with E-state index in [4.69, 9.17) is 21.1 Å². The Morgan fingerprint density at radius 2 is 2.21 bits per heavy atom. The van der Waals surface area contributed by atoms with Crippen molar-refractivity contribution in [3.05, 3.63) is 11.3 Å². The molecule has 0 spiro atoms. The molecule has 1 amide bonds. The Morgan fingerprint density at radius 3 is 2.75 bits per heavy atom. The van der Waals surface area contributed by atoms with E-state index in [9.17, 15) is 14.7 Å². The van der Waals surface area contributed by atoms with Gasteiger partial charge in [0.1, 0.15) is 11.1 Å². The second kappa shape index (κ2) is 6.85. The molecule has 0 radical (unpaired) electrons. The van der Waals surface area contributed by atoms with Crippen LogP contribution in [0.5, 0.6) is 0 Å². The third kappa shape index (κ3) is 2.47. The van der Waals surface area contributed by atoms with E-state index in [0.29, 0.717) is 10.7 Å². The molecule has 28 heavy (non-hydrogen) atoms. The first-order valence-electron chi connectivity index (χ1n) is 8.11. The number of halogens is 1. The van der Waals surface area contributed by atoms with Gasteiger partial charge in [-0.05, 0) is 16.0 Å². The molecular formula is C14H17ClN6O5S2. The van der Waals surface area contributed by atoms with Crippen molar-refractivity contribution in [2.45, 2.75) is 27.2 Å². The number of aryl methyl sites for hydroxylation is 1. The molecule has 2 unspecified atom stereocenters. The molecule has 0 aliphatic carbocycles. The molecule has 4 rings (SSSR count). The maximum Gasteiger partial charge on any atom is 0.352 e. The smallest absolute Gasteiger partial charge is 0.352 e. The normalized spacial score (nSPS) is 33.9. The van der Waals surface area contributed by atoms with Crippen LogP contribution in [-0.4, -0.2) is 90.0 Å². The van der Waals surface area contributed by atoms with Gasteiger partial charge in [-0.3, -0.25) is 9.69 Å². The minimum atomic E-state index is -1.38. The third-order valence-corrected chi connectivity index (χ3v) is 8.29. The molecule has 152 valence electrons. The molecule has 3 aliphatic rings. The monoisotopic (exact) mass is 448 g/mol. The fourth-order valence-electron chi connectivity index (χ4n) is 3.68. The number of carbonyl (C=O) groups excluding carboxylic acids is 1. The summed E-state index contributed by atoms with van der Waals surface area (Å²) in [7, 11) is 4.55. The topological polar surface area (TPSA) is 132 Å². The van der Waals surface area contributed by atoms with E-state index < -0.39 is 34.0 Å². The van der Waals surface area contributed by atoms with Crippen molar-refractivity contribution >= 4 is 47.0 Å². The van der Waals surface area contributed by atoms with Crippen LogP contribution in [0.3, 0.4) is 0 Å². The minimum absolute atomic E-state index is 0.0150. The highest BCUT2D eigenvalue weighted by Gasteiger charge is 2.74. The number of aromatic nitrogens is 4. The predicted molar refractivity (Wildman–Crippen MR) is 99.5 cm³/mol. The second-order valence-electron chi connectivity index (χ2n) is 6.39. The fourth-order valence-corrected chi connectivity index (χ4v) is 6.96. The van der Waals surface area contributed by atoms with Gasteiger partial charge >= 0.3 is 5.97 Å². The molecule has 2 fully saturated rings. The lowest BCUT2D eigenvalue weighted by molar-refractivity contribution is -0.214. The van der Waals surface area contributed by atoms with Crippen LogP contribution in [0.4, 0.5) is 0 Å². The fraction of sp³-hybridized carbons (Fsp3) is 0.643. The maximum atomic E-state index is 13.0. The number of thioether (sulfide) groups is 2. The molecule has 2 bridgehead atoms. The number of amides is 1. The highest BCUT2D eigenvalue weighted by atomic mass is 35.5. The largest absolute Gasteiger partial charge is 0.477 e. The highest BCUT2D eigenvalue weighted by molar-refractivity contribution is 8.01. The predicted octanol–water partition coefficient (Wildman–Crippen LogP) is -0.548. The number of hydrogen-bond donors (Lipinski definition) is 2. The lowest BCUT2D eigenvalue weighted by Crippen LogP contribution is -2.88. The number of ether oxygens (including phenoxy) is 2. The highest BCUT2D eigenvalue weighted by Crippen LogP contribution is 2.57. The number of alkyl halides is 1. The second-order valence-corrected chi connectivity index (χ2v) is 8.79. The maximum absolute atomic E-state index is 13.0. The van der Waals surface area contributed by atoms with Gasteiger partial charge in [0.05, 0.1) is 11.1 Å². The van der Waals surface area contributed by atoms with E-state index in [1.807, 2.05) is 0 Å². The molecule has 4 atom stereocenters. The van der Waals surface area contributed by atoms with Crippen molar-refractivity contribution < 1.29 is 24.2 Å². The Morgan fingerprint density at radius 1 is 1.46 bits per heavy atom. The summed E-state index contributed by atoms with van der Waals surface area (Å²) in [6, 6.07) is 0. The number of carboxylic acid groups (broad SMARTS) is 1. The summed E-state index contributed by atoms with van der Waals surface area (Å²) in [4.78, 5) is 26.4. The molecule has 0 aromatic carbocycles. The number of rotatable bonds is 7. The van der Waals surface area contributed by atoms with E-state index in [0.717, 1.165) is 0 Å². The van der Waals surface area contributed by atoms with Crippen molar-refractivity contribution in [1.82, 2.24) is 30.4 Å². The Bertz CT molecular complexity index is 876. The molecule has 1 aromatic rings. The zero-order valence-corrected chi connectivity index (χ0v) is 17.5. The molecule has 1 aromatic heterocycles. The van der Waals surface area contributed by atoms with Crippen molar-refractivity contribution in [3.63, 3.8) is 0 Å². The number of tetrazole rings is 1. The molecule has 0 saturated carbocycles. The zero-order valence-electron chi connectivity index (χ0n) is 15.1. The van der Waals surface area contributed by atoms with Crippen LogP contribution in [-0.2, 0) is 26.1 Å². The zero-order chi connectivity index (χ0) is 20.3. The van der Waals surface area contributed by atoms with Gasteiger partial charge in [-0.1, -0.05) is 11.8 Å². The number of carboxylic acids is 1. The average Bonchev–Trinajstić information content (AvgIpc) is 3.11. The standard InChI is InChI=1S/C14H17ClN6O5S2/c1-20-12(16-18-19-20)27-4-6-7(9(22)23)21-10(24)14(26-3)11(21)28-8(6)13(5-15,17-14)25-2/h8,11,17H,4-5H2,1-3H3,(H,22,23)/t8?,11-,13?,14+/m0/s1. The van der Waals surface area contributed by atoms with Gasteiger partial charge in [0, 0.05) is 27.0 Å². The summed E-state index contributed by atoms with van der Waals surface area (Å²) < 4.78 is 12.7. The van der Waals surface area contributed by atoms with Crippen molar-refractivity contribution in [1.29, 1.82) is 0 Å². The number of aliphatic carboxylic acids is 1. The Kier molecular flexibility index (Phi) is 4.87. The molecule has 4 heterocycles. The van der Waals surface area contributed by atoms with E-state index in [1.54, 1.807) is 7.05 Å². The summed E-state index contributed by atoms with van der Waals surface area (Å²) in [5, 5.41) is 23.8. The Labute approximate surface area is 173 Å². The van der Waals surface area contributed by atoms with Gasteiger partial charge in [0.2, 0.25) is 10.9 Å². The van der Waals surface area contributed by atoms with Crippen molar-refractivity contribution in [2.75, 3.05) is 25.9 Å². The van der Waals surface area contributed by atoms with E-state index in [-0.39, 0.29) is 17.3 Å². The first-order valence-corrected chi connectivity index (χ1v) is 10.6. The first kappa shape index (κ1) is 19.9. The van der Waals surface area contributed by atoms with Gasteiger partial charge in [-0.15, -0.1) is 28.5 Å². The number of fused-ring (bicyclic) bond motifs is 1. The van der Waals surface area contributed by atoms with Crippen LogP contribution in [0.2, 0.25) is 0 Å². The van der Waals surface area contributed by atoms with E-state index in [2.05, 4.69) is 20.8 Å². The van der Waals surface area contributed by atoms with Crippen LogP contribution in [0.25, 0.3) is 0 Å². The van der Waals surface area contributed by atoms with Gasteiger partial charge in [0.25, 0.3) is 5.91 Å². The summed E-state index contributed by atoms with van der Waals surface area (Å²) in [6.45, 7) is 0. The molecule has 3 aliphatic heterocycles. The van der Waals surface area contributed by atoms with Gasteiger partial charge in [0.15, 0.2) is 5.72 Å². The quantitative estimate of drug-likeness (QED) is 0.316. The number of carbonyl (C=O) groups is 2. The van der Waals surface area contributed by atoms with Gasteiger partial charge < -0.3 is 14.6 Å². The first-order chi connectivity index (χ1) is 13.3. The van der Waals surface area contributed by atoms with Crippen LogP contribution in [0.15, 0.2) is 16.4 Å². The number of hydrogen-bond acceptors (Lipinski definition) is 10. The van der Waals surface area contributed by atoms with E-state index in [1.165, 1.54) is 47.3 Å². The molecular weight excluding hydrogens is 432 g/mol. The Balaban J connectivity index is 1.81. The number of nitrogens with zero attached hydrogens (tertiary/aromatic N) is 5. The molecule has 11 nitrogen and oxygen atoms in total. The third-order valence-electron chi connectivity index (χ3n) is 5.09. The lowest BCUT2D eigenvalue weighted by atomic mass is 9.89. The lowest BCUT2D eigenvalue weighted by Gasteiger charge is -2.65. The van der Waals surface area contributed by atoms with Crippen LogP contribution < -0.4 is 5.32 Å². The van der Waals surface area contributed by atoms with Gasteiger partial charge in [-0.25, -0.2) is 14.8 Å². The van der Waals surface area contributed by atoms with Crippen LogP contribution in [0.1, 0.15) is 0 Å². The summed E-state index contributed by atoms with van der Waals surface area (Å²) in [5.74, 6) is -1.45. The number of β-lactam (4-membered cyclic amide) rings is 1. The van der Waals surface area contributed by atoms with Crippen molar-refractivity contribution in [2.24, 2.45) is 7.05 Å². The van der Waals surface area contributed by atoms with E-state index >= 15 is 0 Å². The van der Waals surface area contributed by atoms with Gasteiger partial charge in [-0.2, -0.15) is 0 Å². The summed E-state index contributed by atoms with van der Waals surface area (Å²) >= 11 is 8.92. The number of methoxy groups -OCH3 is 2. The van der Waals surface area contributed by atoms with Crippen LogP contribution >= 0.6 is 35.1 Å². The minimum Gasteiger partial charge on any atom is -0.477 e. The molecule has 2 N–H and O–H groups in total. The van der Waals surface area contributed by atoms with Crippen LogP contribution in [0, 0.1) is 0 Å². The SMILES string of the molecule is COC1(CCl)N[C@@]2(OC)C(=O)N3C(C(=O)O)=C(CSc4nnnn4C)C1S[C@H]32. The average molecular weight is 449 g/mol. The summed E-state index contributed by atoms with van der Waals surface area (Å²) in [6.07, 6.45) is 0. The molecule has 14 heteroatoms. The number of nitrogens with one attached hydrogen (secondary N) is 1. The van der Waals surface area contributed by atoms with Crippen molar-refractivity contribution in [3.8, 4) is 0 Å².